The predicted octanol–water partition coefficient (Wildman–Crippen LogP) is 2.07. The van der Waals surface area contributed by atoms with Crippen LogP contribution in [-0.4, -0.2) is 35.9 Å². The number of halogens is 1. The van der Waals surface area contributed by atoms with Gasteiger partial charge in [-0.1, -0.05) is 0 Å². The maximum atomic E-state index is 11.6. The van der Waals surface area contributed by atoms with E-state index in [1.165, 1.54) is 0 Å². The lowest BCUT2D eigenvalue weighted by Crippen LogP contribution is -2.30. The fourth-order valence-corrected chi connectivity index (χ4v) is 3.47. The number of hydrogen-bond acceptors (Lipinski definition) is 5. The summed E-state index contributed by atoms with van der Waals surface area (Å²) in [6, 6.07) is 0. The second-order valence-corrected chi connectivity index (χ2v) is 8.50. The Bertz CT molecular complexity index is 571. The van der Waals surface area contributed by atoms with Crippen molar-refractivity contribution in [3.05, 3.63) is 5.82 Å². The largest absolute Gasteiger partial charge is 0.378 e. The van der Waals surface area contributed by atoms with Crippen LogP contribution in [0.3, 0.4) is 0 Å². The van der Waals surface area contributed by atoms with Crippen LogP contribution in [0.5, 0.6) is 0 Å². The van der Waals surface area contributed by atoms with Gasteiger partial charge in [-0.15, -0.1) is 10.2 Å². The van der Waals surface area contributed by atoms with Crippen molar-refractivity contribution >= 4 is 19.7 Å². The number of hydrogen-bond donors (Lipinski definition) is 0. The molecule has 114 valence electrons. The minimum atomic E-state index is -3.92. The highest BCUT2D eigenvalue weighted by Crippen LogP contribution is 2.26. The fraction of sp³-hybridized carbons (Fsp3) is 0.833. The van der Waals surface area contributed by atoms with Crippen LogP contribution in [-0.2, 0) is 25.7 Å². The molecule has 1 aliphatic rings. The van der Waals surface area contributed by atoms with Gasteiger partial charge in [0.15, 0.2) is 0 Å². The second kappa shape index (κ2) is 5.61. The van der Waals surface area contributed by atoms with Crippen molar-refractivity contribution in [3.8, 4) is 0 Å². The molecule has 0 N–H and O–H groups in total. The molecular weight excluding hydrogens is 302 g/mol. The Hall–Kier alpha value is -0.660. The van der Waals surface area contributed by atoms with Gasteiger partial charge in [-0.05, 0) is 40.0 Å². The second-order valence-electron chi connectivity index (χ2n) is 6.04. The summed E-state index contributed by atoms with van der Waals surface area (Å²) in [4.78, 5) is 0. The Labute approximate surface area is 123 Å². The highest BCUT2D eigenvalue weighted by Gasteiger charge is 2.30. The molecule has 0 spiro atoms. The Balaban J connectivity index is 2.36. The van der Waals surface area contributed by atoms with Gasteiger partial charge in [0.1, 0.15) is 5.82 Å². The van der Waals surface area contributed by atoms with Gasteiger partial charge in [0.25, 0.3) is 14.2 Å². The molecule has 0 aliphatic carbocycles. The number of rotatable bonds is 3. The van der Waals surface area contributed by atoms with Crippen molar-refractivity contribution in [2.45, 2.75) is 63.3 Å². The van der Waals surface area contributed by atoms with Gasteiger partial charge in [-0.25, -0.2) is 8.42 Å². The van der Waals surface area contributed by atoms with Crippen LogP contribution in [0.2, 0.25) is 0 Å². The van der Waals surface area contributed by atoms with Gasteiger partial charge < -0.3 is 4.74 Å². The van der Waals surface area contributed by atoms with Gasteiger partial charge in [-0.2, -0.15) is 0 Å². The quantitative estimate of drug-likeness (QED) is 0.797. The zero-order chi connectivity index (χ0) is 15.0. The SMILES string of the molecule is CC(C)(C)n1c(CC2CCCCO2)nnc1S(=O)(=O)Cl. The summed E-state index contributed by atoms with van der Waals surface area (Å²) in [5, 5.41) is 7.57. The first-order valence-electron chi connectivity index (χ1n) is 6.70. The lowest BCUT2D eigenvalue weighted by atomic mass is 10.0. The monoisotopic (exact) mass is 321 g/mol. The maximum Gasteiger partial charge on any atom is 0.296 e. The Morgan fingerprint density at radius 3 is 2.55 bits per heavy atom. The van der Waals surface area contributed by atoms with Gasteiger partial charge in [0, 0.05) is 29.2 Å². The topological polar surface area (TPSA) is 74.1 Å². The van der Waals surface area contributed by atoms with Gasteiger partial charge in [-0.3, -0.25) is 4.57 Å². The maximum absolute atomic E-state index is 11.6. The minimum absolute atomic E-state index is 0.0694. The minimum Gasteiger partial charge on any atom is -0.378 e. The van der Waals surface area contributed by atoms with E-state index in [-0.39, 0.29) is 11.3 Å². The van der Waals surface area contributed by atoms with E-state index in [1.807, 2.05) is 20.8 Å². The lowest BCUT2D eigenvalue weighted by molar-refractivity contribution is 0.0145. The summed E-state index contributed by atoms with van der Waals surface area (Å²) in [7, 11) is 1.53. The van der Waals surface area contributed by atoms with Gasteiger partial charge in [0.2, 0.25) is 0 Å². The van der Waals surface area contributed by atoms with Crippen LogP contribution in [0.15, 0.2) is 5.16 Å². The lowest BCUT2D eigenvalue weighted by Gasteiger charge is -2.27. The molecule has 6 nitrogen and oxygen atoms in total. The van der Waals surface area contributed by atoms with E-state index in [9.17, 15) is 8.42 Å². The normalized spacial score (nSPS) is 21.1. The van der Waals surface area contributed by atoms with Gasteiger partial charge >= 0.3 is 0 Å². The van der Waals surface area contributed by atoms with Crippen molar-refractivity contribution in [3.63, 3.8) is 0 Å². The zero-order valence-corrected chi connectivity index (χ0v) is 13.5. The molecule has 1 unspecified atom stereocenters. The standard InChI is InChI=1S/C12H20ClN3O3S/c1-12(2,3)16-10(8-9-6-4-5-7-19-9)14-15-11(16)20(13,17)18/h9H,4-8H2,1-3H3. The van der Waals surface area contributed by atoms with E-state index in [0.717, 1.165) is 25.9 Å². The van der Waals surface area contributed by atoms with E-state index in [0.29, 0.717) is 12.2 Å². The van der Waals surface area contributed by atoms with Crippen LogP contribution < -0.4 is 0 Å². The molecule has 8 heteroatoms. The highest BCUT2D eigenvalue weighted by molar-refractivity contribution is 8.13. The molecule has 1 aliphatic heterocycles. The average molecular weight is 322 g/mol. The van der Waals surface area contributed by atoms with Crippen molar-refractivity contribution in [1.82, 2.24) is 14.8 Å². The number of nitrogens with zero attached hydrogens (tertiary/aromatic N) is 3. The highest BCUT2D eigenvalue weighted by atomic mass is 35.7. The van der Waals surface area contributed by atoms with Gasteiger partial charge in [0.05, 0.1) is 6.10 Å². The third-order valence-corrected chi connectivity index (χ3v) is 4.39. The molecule has 20 heavy (non-hydrogen) atoms. The molecule has 0 radical (unpaired) electrons. The first kappa shape index (κ1) is 15.7. The third kappa shape index (κ3) is 3.51. The van der Waals surface area contributed by atoms with Crippen LogP contribution in [0.1, 0.15) is 45.9 Å². The van der Waals surface area contributed by atoms with Crippen molar-refractivity contribution in [2.75, 3.05) is 6.61 Å². The van der Waals surface area contributed by atoms with E-state index >= 15 is 0 Å². The Morgan fingerprint density at radius 1 is 1.35 bits per heavy atom. The van der Waals surface area contributed by atoms with Crippen LogP contribution in [0.4, 0.5) is 0 Å². The first-order valence-corrected chi connectivity index (χ1v) is 9.01. The average Bonchev–Trinajstić information content (AvgIpc) is 2.73. The van der Waals surface area contributed by atoms with E-state index < -0.39 is 14.6 Å². The molecule has 0 aromatic carbocycles. The summed E-state index contributed by atoms with van der Waals surface area (Å²) >= 11 is 0. The number of ether oxygens (including phenoxy) is 1. The molecule has 1 aromatic rings. The first-order chi connectivity index (χ1) is 9.19. The fourth-order valence-electron chi connectivity index (χ4n) is 2.44. The van der Waals surface area contributed by atoms with Crippen molar-refractivity contribution in [2.24, 2.45) is 0 Å². The third-order valence-electron chi connectivity index (χ3n) is 3.27. The summed E-state index contributed by atoms with van der Waals surface area (Å²) < 4.78 is 30.5. The molecule has 1 saturated heterocycles. The molecule has 2 rings (SSSR count). The van der Waals surface area contributed by atoms with E-state index in [1.54, 1.807) is 4.57 Å². The smallest absolute Gasteiger partial charge is 0.296 e. The summed E-state index contributed by atoms with van der Waals surface area (Å²) in [5.41, 5.74) is -0.467. The number of aromatic nitrogens is 3. The van der Waals surface area contributed by atoms with Crippen LogP contribution in [0, 0.1) is 0 Å². The van der Waals surface area contributed by atoms with Crippen molar-refractivity contribution < 1.29 is 13.2 Å². The molecule has 1 fully saturated rings. The predicted molar refractivity (Wildman–Crippen MR) is 75.4 cm³/mol. The summed E-state index contributed by atoms with van der Waals surface area (Å²) in [6.45, 7) is 6.43. The molecule has 1 atom stereocenters. The van der Waals surface area contributed by atoms with Crippen molar-refractivity contribution in [1.29, 1.82) is 0 Å². The Morgan fingerprint density at radius 2 is 2.05 bits per heavy atom. The van der Waals surface area contributed by atoms with Crippen LogP contribution in [0.25, 0.3) is 0 Å². The zero-order valence-electron chi connectivity index (χ0n) is 12.0. The molecule has 0 amide bonds. The Kier molecular flexibility index (Phi) is 4.41. The molecule has 1 aromatic heterocycles. The molecule has 0 saturated carbocycles. The molecular formula is C12H20ClN3O3S. The summed E-state index contributed by atoms with van der Waals surface area (Å²) in [6.07, 6.45) is 3.77. The summed E-state index contributed by atoms with van der Waals surface area (Å²) in [5.74, 6) is 0.601. The van der Waals surface area contributed by atoms with E-state index in [2.05, 4.69) is 10.2 Å². The van der Waals surface area contributed by atoms with Crippen LogP contribution >= 0.6 is 10.7 Å². The molecule has 2 heterocycles. The molecule has 0 bridgehead atoms. The van der Waals surface area contributed by atoms with E-state index in [4.69, 9.17) is 15.4 Å².